The standard InChI is InChI=1S/C18H18F3NO5/c1-2-27-10-14(16(23)11-5-3-4-6-11)17(24)13-8-7-12(18(19,20)21)9-15(13)22(25)26/h7-11H,2-6H2,1H3. The summed E-state index contributed by atoms with van der Waals surface area (Å²) >= 11 is 0. The number of nitro groups is 1. The molecule has 6 nitrogen and oxygen atoms in total. The molecule has 0 N–H and O–H groups in total. The van der Waals surface area contributed by atoms with Crippen LogP contribution >= 0.6 is 0 Å². The first-order valence-electron chi connectivity index (χ1n) is 8.43. The minimum Gasteiger partial charge on any atom is -0.501 e. The Morgan fingerprint density at radius 1 is 1.30 bits per heavy atom. The lowest BCUT2D eigenvalue weighted by atomic mass is 9.91. The van der Waals surface area contributed by atoms with Crippen molar-refractivity contribution < 1.29 is 32.4 Å². The van der Waals surface area contributed by atoms with E-state index in [9.17, 15) is 32.9 Å². The molecule has 0 amide bonds. The number of halogens is 3. The second-order valence-electron chi connectivity index (χ2n) is 6.15. The summed E-state index contributed by atoms with van der Waals surface area (Å²) in [6.45, 7) is 1.78. The highest BCUT2D eigenvalue weighted by Gasteiger charge is 2.36. The number of hydrogen-bond acceptors (Lipinski definition) is 5. The van der Waals surface area contributed by atoms with Crippen LogP contribution in [0.1, 0.15) is 48.5 Å². The number of alkyl halides is 3. The minimum atomic E-state index is -4.80. The summed E-state index contributed by atoms with van der Waals surface area (Å²) < 4.78 is 43.5. The van der Waals surface area contributed by atoms with Gasteiger partial charge < -0.3 is 4.74 Å². The predicted octanol–water partition coefficient (Wildman–Crippen LogP) is 4.48. The zero-order chi connectivity index (χ0) is 20.2. The van der Waals surface area contributed by atoms with E-state index in [1.54, 1.807) is 6.92 Å². The lowest BCUT2D eigenvalue weighted by Gasteiger charge is -2.12. The first kappa shape index (κ1) is 20.6. The van der Waals surface area contributed by atoms with Crippen molar-refractivity contribution in [1.29, 1.82) is 0 Å². The van der Waals surface area contributed by atoms with Crippen molar-refractivity contribution in [3.8, 4) is 0 Å². The molecular weight excluding hydrogens is 367 g/mol. The minimum absolute atomic E-state index is 0.157. The van der Waals surface area contributed by atoms with E-state index in [0.29, 0.717) is 25.0 Å². The van der Waals surface area contributed by atoms with E-state index >= 15 is 0 Å². The van der Waals surface area contributed by atoms with Crippen LogP contribution < -0.4 is 0 Å². The Morgan fingerprint density at radius 3 is 2.44 bits per heavy atom. The fraction of sp³-hybridized carbons (Fsp3) is 0.444. The van der Waals surface area contributed by atoms with Crippen LogP contribution in [0, 0.1) is 16.0 Å². The molecular formula is C18H18F3NO5. The topological polar surface area (TPSA) is 86.5 Å². The number of carbonyl (C=O) groups excluding carboxylic acids is 2. The highest BCUT2D eigenvalue weighted by atomic mass is 19.4. The second-order valence-corrected chi connectivity index (χ2v) is 6.15. The van der Waals surface area contributed by atoms with Crippen LogP contribution in [0.3, 0.4) is 0 Å². The molecule has 1 fully saturated rings. The molecule has 1 saturated carbocycles. The molecule has 2 rings (SSSR count). The molecule has 1 aromatic rings. The number of hydrogen-bond donors (Lipinski definition) is 0. The number of benzene rings is 1. The molecule has 0 saturated heterocycles. The normalized spacial score (nSPS) is 15.6. The van der Waals surface area contributed by atoms with E-state index < -0.39 is 45.4 Å². The van der Waals surface area contributed by atoms with Gasteiger partial charge in [0.1, 0.15) is 11.1 Å². The van der Waals surface area contributed by atoms with Crippen LogP contribution in [0.5, 0.6) is 0 Å². The van der Waals surface area contributed by atoms with Crippen molar-refractivity contribution in [1.82, 2.24) is 0 Å². The summed E-state index contributed by atoms with van der Waals surface area (Å²) in [4.78, 5) is 35.6. The van der Waals surface area contributed by atoms with E-state index in [2.05, 4.69) is 0 Å². The van der Waals surface area contributed by atoms with Crippen molar-refractivity contribution in [2.45, 2.75) is 38.8 Å². The number of rotatable bonds is 7. The Balaban J connectivity index is 2.47. The Kier molecular flexibility index (Phi) is 6.35. The van der Waals surface area contributed by atoms with Crippen molar-refractivity contribution in [3.05, 3.63) is 51.3 Å². The number of nitro benzene ring substituents is 1. The molecule has 0 heterocycles. The molecule has 1 aliphatic rings. The van der Waals surface area contributed by atoms with Gasteiger partial charge in [-0.15, -0.1) is 0 Å². The van der Waals surface area contributed by atoms with E-state index in [1.165, 1.54) is 0 Å². The van der Waals surface area contributed by atoms with Crippen molar-refractivity contribution in [2.24, 2.45) is 5.92 Å². The third-order valence-corrected chi connectivity index (χ3v) is 4.37. The number of ketones is 2. The molecule has 0 spiro atoms. The van der Waals surface area contributed by atoms with Gasteiger partial charge in [-0.05, 0) is 31.9 Å². The molecule has 1 aromatic carbocycles. The average molecular weight is 385 g/mol. The maximum Gasteiger partial charge on any atom is 0.416 e. The Morgan fingerprint density at radius 2 is 1.93 bits per heavy atom. The summed E-state index contributed by atoms with van der Waals surface area (Å²) in [5, 5.41) is 11.2. The smallest absolute Gasteiger partial charge is 0.416 e. The lowest BCUT2D eigenvalue weighted by Crippen LogP contribution is -2.21. The summed E-state index contributed by atoms with van der Waals surface area (Å²) in [6, 6.07) is 1.61. The number of allylic oxidation sites excluding steroid dienone is 1. The summed E-state index contributed by atoms with van der Waals surface area (Å²) in [6.07, 6.45) is -1.02. The molecule has 146 valence electrons. The molecule has 9 heteroatoms. The quantitative estimate of drug-likeness (QED) is 0.131. The lowest BCUT2D eigenvalue weighted by molar-refractivity contribution is -0.385. The molecule has 1 aliphatic carbocycles. The first-order valence-corrected chi connectivity index (χ1v) is 8.43. The molecule has 0 radical (unpaired) electrons. The van der Waals surface area contributed by atoms with Gasteiger partial charge in [-0.3, -0.25) is 19.7 Å². The Bertz CT molecular complexity index is 780. The Hall–Kier alpha value is -2.71. The summed E-state index contributed by atoms with van der Waals surface area (Å²) in [5.74, 6) is -1.91. The van der Waals surface area contributed by atoms with Gasteiger partial charge in [0.05, 0.1) is 23.4 Å². The molecule has 0 aliphatic heterocycles. The van der Waals surface area contributed by atoms with E-state index in [-0.39, 0.29) is 12.2 Å². The molecule has 0 bridgehead atoms. The van der Waals surface area contributed by atoms with Gasteiger partial charge in [-0.2, -0.15) is 13.2 Å². The largest absolute Gasteiger partial charge is 0.501 e. The molecule has 27 heavy (non-hydrogen) atoms. The van der Waals surface area contributed by atoms with Crippen LogP contribution in [0.15, 0.2) is 30.0 Å². The highest BCUT2D eigenvalue weighted by Crippen LogP contribution is 2.35. The maximum absolute atomic E-state index is 12.8. The monoisotopic (exact) mass is 385 g/mol. The molecule has 0 aromatic heterocycles. The van der Waals surface area contributed by atoms with Crippen LogP contribution in [-0.4, -0.2) is 23.1 Å². The number of ether oxygens (including phenoxy) is 1. The molecule has 0 unspecified atom stereocenters. The average Bonchev–Trinajstić information content (AvgIpc) is 3.15. The van der Waals surface area contributed by atoms with Crippen LogP contribution in [0.2, 0.25) is 0 Å². The van der Waals surface area contributed by atoms with E-state index in [4.69, 9.17) is 4.74 Å². The van der Waals surface area contributed by atoms with Gasteiger partial charge in [0.25, 0.3) is 5.69 Å². The highest BCUT2D eigenvalue weighted by molar-refractivity contribution is 6.27. The van der Waals surface area contributed by atoms with Gasteiger partial charge in [-0.25, -0.2) is 0 Å². The summed E-state index contributed by atoms with van der Waals surface area (Å²) in [5.41, 5.74) is -3.21. The third kappa shape index (κ3) is 4.72. The van der Waals surface area contributed by atoms with Gasteiger partial charge in [0.2, 0.25) is 5.78 Å². The maximum atomic E-state index is 12.8. The number of Topliss-reactive ketones (excluding diaryl/α,β-unsaturated/α-hetero) is 2. The van der Waals surface area contributed by atoms with Crippen LogP contribution in [0.25, 0.3) is 0 Å². The van der Waals surface area contributed by atoms with Crippen molar-refractivity contribution >= 4 is 17.3 Å². The predicted molar refractivity (Wildman–Crippen MR) is 89.1 cm³/mol. The van der Waals surface area contributed by atoms with Gasteiger partial charge >= 0.3 is 6.18 Å². The van der Waals surface area contributed by atoms with E-state index in [1.807, 2.05) is 0 Å². The van der Waals surface area contributed by atoms with Gasteiger partial charge in [-0.1, -0.05) is 12.8 Å². The third-order valence-electron chi connectivity index (χ3n) is 4.37. The molecule has 0 atom stereocenters. The number of carbonyl (C=O) groups is 2. The zero-order valence-electron chi connectivity index (χ0n) is 14.5. The zero-order valence-corrected chi connectivity index (χ0v) is 14.5. The number of nitrogens with zero attached hydrogens (tertiary/aromatic N) is 1. The van der Waals surface area contributed by atoms with E-state index in [0.717, 1.165) is 25.2 Å². The van der Waals surface area contributed by atoms with Gasteiger partial charge in [0.15, 0.2) is 5.78 Å². The Labute approximate surface area is 153 Å². The second kappa shape index (κ2) is 8.32. The van der Waals surface area contributed by atoms with Crippen LogP contribution in [-0.2, 0) is 15.7 Å². The fourth-order valence-electron chi connectivity index (χ4n) is 2.99. The van der Waals surface area contributed by atoms with Gasteiger partial charge in [0, 0.05) is 12.0 Å². The summed E-state index contributed by atoms with van der Waals surface area (Å²) in [7, 11) is 0. The first-order chi connectivity index (χ1) is 12.7. The van der Waals surface area contributed by atoms with Crippen molar-refractivity contribution in [2.75, 3.05) is 6.61 Å². The van der Waals surface area contributed by atoms with Crippen LogP contribution in [0.4, 0.5) is 18.9 Å². The fourth-order valence-corrected chi connectivity index (χ4v) is 2.99. The van der Waals surface area contributed by atoms with Crippen molar-refractivity contribution in [3.63, 3.8) is 0 Å². The SMILES string of the molecule is CCOC=C(C(=O)c1ccc(C(F)(F)F)cc1[N+](=O)[O-])C(=O)C1CCCC1.